The van der Waals surface area contributed by atoms with Crippen LogP contribution in [0.25, 0.3) is 16.8 Å². The van der Waals surface area contributed by atoms with E-state index in [1.165, 1.54) is 24.4 Å². The molecule has 1 aliphatic carbocycles. The van der Waals surface area contributed by atoms with Gasteiger partial charge in [-0.15, -0.1) is 0 Å². The highest BCUT2D eigenvalue weighted by Gasteiger charge is 2.64. The number of ether oxygens (including phenoxy) is 1. The van der Waals surface area contributed by atoms with Gasteiger partial charge in [-0.1, -0.05) is 62.7 Å². The third-order valence-corrected chi connectivity index (χ3v) is 9.45. The van der Waals surface area contributed by atoms with Gasteiger partial charge in [-0.3, -0.25) is 15.1 Å². The Morgan fingerprint density at radius 3 is 2.31 bits per heavy atom. The molecule has 54 heavy (non-hydrogen) atoms. The summed E-state index contributed by atoms with van der Waals surface area (Å²) < 4.78 is 101. The first-order valence-corrected chi connectivity index (χ1v) is 16.8. The summed E-state index contributed by atoms with van der Waals surface area (Å²) in [7, 11) is 0. The topological polar surface area (TPSA) is 143 Å². The molecule has 2 atom stereocenters. The van der Waals surface area contributed by atoms with Gasteiger partial charge in [0.2, 0.25) is 0 Å². The van der Waals surface area contributed by atoms with Crippen LogP contribution in [0, 0.1) is 10.8 Å². The molecule has 2 amide bonds. The van der Waals surface area contributed by atoms with E-state index < -0.39 is 72.1 Å². The van der Waals surface area contributed by atoms with Gasteiger partial charge in [-0.05, 0) is 53.5 Å². The molecule has 12 nitrogen and oxygen atoms in total. The smallest absolute Gasteiger partial charge is 0.411 e. The van der Waals surface area contributed by atoms with Crippen molar-refractivity contribution in [3.05, 3.63) is 83.2 Å². The summed E-state index contributed by atoms with van der Waals surface area (Å²) in [6.45, 7) is 1.92. The van der Waals surface area contributed by atoms with Crippen LogP contribution in [0.2, 0.25) is 5.02 Å². The van der Waals surface area contributed by atoms with Gasteiger partial charge in [0.25, 0.3) is 12.3 Å². The van der Waals surface area contributed by atoms with E-state index in [1.54, 1.807) is 24.3 Å². The van der Waals surface area contributed by atoms with Crippen molar-refractivity contribution in [1.29, 1.82) is 5.41 Å². The first kappa shape index (κ1) is 38.5. The maximum absolute atomic E-state index is 14.9. The van der Waals surface area contributed by atoms with Crippen LogP contribution in [-0.2, 0) is 15.1 Å². The number of alkyl carbamates (subject to hydrolysis) is 1. The number of hydrogen-bond acceptors (Lipinski definition) is 7. The summed E-state index contributed by atoms with van der Waals surface area (Å²) in [4.78, 5) is 32.2. The standard InChI is InChI=1S/C34H33ClF7N9O3/c1-31(2,3)16-33(21-7-4-18(5-8-21)20-13-45-49(14-20)28(38)39)27(52)50(29(43)47-33)24(15-54-30(53)48-32(10-11-32)34(40,41)42)19-6-9-22(35)23(12-19)51-26(25(36)37)44-17-46-51/h4-9,12-14,17,24-25,28H,10-11,15-16H2,1-3H3,(H2,43,47)(H,48,53)/t24-,33-/m1/s1. The van der Waals surface area contributed by atoms with Gasteiger partial charge in [0.1, 0.15) is 24.0 Å². The lowest BCUT2D eigenvalue weighted by atomic mass is 9.75. The molecule has 3 heterocycles. The molecule has 6 rings (SSSR count). The van der Waals surface area contributed by atoms with E-state index >= 15 is 0 Å². The molecule has 3 N–H and O–H groups in total. The number of aromatic nitrogens is 5. The minimum Gasteiger partial charge on any atom is -0.447 e. The third-order valence-electron chi connectivity index (χ3n) is 9.13. The van der Waals surface area contributed by atoms with Gasteiger partial charge in [-0.2, -0.15) is 32.1 Å². The van der Waals surface area contributed by atoms with Crippen molar-refractivity contribution in [1.82, 2.24) is 40.1 Å². The highest BCUT2D eigenvalue weighted by Crippen LogP contribution is 2.49. The highest BCUT2D eigenvalue weighted by molar-refractivity contribution is 6.32. The predicted molar refractivity (Wildman–Crippen MR) is 179 cm³/mol. The molecule has 2 aromatic carbocycles. The molecule has 1 saturated carbocycles. The number of guanidine groups is 1. The molecule has 0 radical (unpaired) electrons. The summed E-state index contributed by atoms with van der Waals surface area (Å²) in [5.74, 6) is -1.95. The van der Waals surface area contributed by atoms with Crippen molar-refractivity contribution in [3.63, 3.8) is 0 Å². The molecule has 2 aromatic heterocycles. The van der Waals surface area contributed by atoms with Crippen LogP contribution < -0.4 is 10.6 Å². The van der Waals surface area contributed by atoms with E-state index in [1.807, 2.05) is 26.1 Å². The fraction of sp³-hybridized carbons (Fsp3) is 0.412. The van der Waals surface area contributed by atoms with E-state index in [2.05, 4.69) is 20.5 Å². The van der Waals surface area contributed by atoms with Gasteiger partial charge in [0.05, 0.1) is 22.9 Å². The molecule has 20 heteroatoms. The summed E-state index contributed by atoms with van der Waals surface area (Å²) in [6, 6.07) is 8.90. The molecular formula is C34H33ClF7N9O3. The summed E-state index contributed by atoms with van der Waals surface area (Å²) in [6.07, 6.45) is -6.59. The molecule has 2 aliphatic rings. The molecule has 0 bridgehead atoms. The normalized spacial score (nSPS) is 19.0. The van der Waals surface area contributed by atoms with Gasteiger partial charge in [-0.25, -0.2) is 27.9 Å². The zero-order chi connectivity index (χ0) is 39.4. The highest BCUT2D eigenvalue weighted by atomic mass is 35.5. The summed E-state index contributed by atoms with van der Waals surface area (Å²) in [5.41, 5.74) is -3.44. The maximum atomic E-state index is 14.9. The number of hydrogen-bond donors (Lipinski definition) is 3. The Bertz CT molecular complexity index is 2060. The number of halogens is 8. The third kappa shape index (κ3) is 7.32. The number of amides is 2. The fourth-order valence-electron chi connectivity index (χ4n) is 6.47. The quantitative estimate of drug-likeness (QED) is 0.133. The second-order valence-corrected chi connectivity index (χ2v) is 14.6. The van der Waals surface area contributed by atoms with E-state index in [0.717, 1.165) is 22.1 Å². The Labute approximate surface area is 308 Å². The first-order valence-electron chi connectivity index (χ1n) is 16.4. The van der Waals surface area contributed by atoms with Crippen molar-refractivity contribution in [3.8, 4) is 16.8 Å². The second kappa shape index (κ2) is 13.9. The van der Waals surface area contributed by atoms with Crippen molar-refractivity contribution in [2.75, 3.05) is 6.61 Å². The Balaban J connectivity index is 1.40. The number of nitrogens with zero attached hydrogens (tertiary/aromatic N) is 6. The lowest BCUT2D eigenvalue weighted by molar-refractivity contribution is -0.164. The number of rotatable bonds is 11. The summed E-state index contributed by atoms with van der Waals surface area (Å²) in [5, 5.41) is 21.3. The minimum absolute atomic E-state index is 0.0633. The summed E-state index contributed by atoms with van der Waals surface area (Å²) >= 11 is 6.39. The molecule has 1 aliphatic heterocycles. The van der Waals surface area contributed by atoms with E-state index in [4.69, 9.17) is 21.7 Å². The van der Waals surface area contributed by atoms with Crippen LogP contribution in [0.1, 0.15) is 76.0 Å². The molecule has 288 valence electrons. The second-order valence-electron chi connectivity index (χ2n) is 14.2. The van der Waals surface area contributed by atoms with Crippen LogP contribution in [-0.4, -0.2) is 65.7 Å². The molecule has 0 unspecified atom stereocenters. The Kier molecular flexibility index (Phi) is 9.91. The molecular weight excluding hydrogens is 751 g/mol. The maximum Gasteiger partial charge on any atom is 0.411 e. The van der Waals surface area contributed by atoms with Crippen molar-refractivity contribution >= 4 is 29.6 Å². The Hall–Kier alpha value is -5.20. The Morgan fingerprint density at radius 2 is 1.74 bits per heavy atom. The molecule has 2 fully saturated rings. The van der Waals surface area contributed by atoms with E-state index in [9.17, 15) is 40.3 Å². The number of alkyl halides is 7. The van der Waals surface area contributed by atoms with Crippen LogP contribution in [0.4, 0.5) is 35.5 Å². The van der Waals surface area contributed by atoms with Crippen LogP contribution in [0.15, 0.2) is 61.2 Å². The van der Waals surface area contributed by atoms with Crippen molar-refractivity contribution in [2.45, 2.75) is 76.3 Å². The average molecular weight is 784 g/mol. The van der Waals surface area contributed by atoms with E-state index in [-0.39, 0.29) is 35.5 Å². The molecule has 4 aromatic rings. The average Bonchev–Trinajstić information content (AvgIpc) is 3.40. The first-order chi connectivity index (χ1) is 25.2. The zero-order valence-corrected chi connectivity index (χ0v) is 29.5. The number of nitrogens with one attached hydrogen (secondary N) is 3. The molecule has 1 saturated heterocycles. The van der Waals surface area contributed by atoms with Crippen molar-refractivity contribution < 1.29 is 45.1 Å². The predicted octanol–water partition coefficient (Wildman–Crippen LogP) is 7.68. The molecule has 0 spiro atoms. The lowest BCUT2D eigenvalue weighted by Gasteiger charge is -2.35. The number of carbonyl (C=O) groups is 2. The van der Waals surface area contributed by atoms with E-state index in [0.29, 0.717) is 21.4 Å². The number of carbonyl (C=O) groups excluding carboxylic acids is 2. The van der Waals surface area contributed by atoms with Crippen LogP contribution in [0.3, 0.4) is 0 Å². The Morgan fingerprint density at radius 1 is 1.06 bits per heavy atom. The SMILES string of the molecule is CC(C)(C)C[C@]1(c2ccc(-c3cnn(C(F)F)c3)cc2)NC(=N)N([C@H](COC(=O)NC2(C(F)(F)F)CC2)c2ccc(Cl)c(-n3ncnc3C(F)F)c2)C1=O. The minimum atomic E-state index is -4.75. The largest absolute Gasteiger partial charge is 0.447 e. The van der Waals surface area contributed by atoms with Gasteiger partial charge in [0.15, 0.2) is 11.8 Å². The monoisotopic (exact) mass is 783 g/mol. The van der Waals surface area contributed by atoms with Crippen LogP contribution >= 0.6 is 11.6 Å². The van der Waals surface area contributed by atoms with Crippen LogP contribution in [0.5, 0.6) is 0 Å². The van der Waals surface area contributed by atoms with Gasteiger partial charge >= 0.3 is 18.8 Å². The van der Waals surface area contributed by atoms with Gasteiger partial charge in [0, 0.05) is 11.8 Å². The zero-order valence-electron chi connectivity index (χ0n) is 28.8. The fourth-order valence-corrected chi connectivity index (χ4v) is 6.67. The van der Waals surface area contributed by atoms with Crippen molar-refractivity contribution in [2.24, 2.45) is 5.41 Å². The number of benzene rings is 2. The lowest BCUT2D eigenvalue weighted by Crippen LogP contribution is -2.49. The van der Waals surface area contributed by atoms with Gasteiger partial charge < -0.3 is 15.4 Å².